The standard InChI is InChI=1S/C44H54F2N8O6Si/c1-9-60-43(58)52-36(25(4)5)41(56)54-23-61(7,8)21-34(54)39-48-31-17-15-29-18-28(14-16-30(29)37(31)50-39)26-10-12-27(13-11-26)32-20-47-38(49-32)33-19-44(45,46)22-53(33)40(55)35(24(2)3)51-42(57)59-6/h10-18,20,24-25,33-36H,9,19,21-23H2,1-8H3,(H,47,49)(H,48,50)(H,51,57)(H,52,58)/t33-,34-,35-,36-/m0/s1. The number of rotatable bonds is 11. The van der Waals surface area contributed by atoms with E-state index in [0.717, 1.165) is 55.3 Å². The number of amides is 4. The maximum Gasteiger partial charge on any atom is 0.407 e. The fourth-order valence-electron chi connectivity index (χ4n) is 8.56. The van der Waals surface area contributed by atoms with E-state index in [-0.39, 0.29) is 36.2 Å². The third kappa shape index (κ3) is 8.97. The van der Waals surface area contributed by atoms with Gasteiger partial charge in [0.2, 0.25) is 11.8 Å². The van der Waals surface area contributed by atoms with Gasteiger partial charge in [0.15, 0.2) is 0 Å². The molecule has 17 heteroatoms. The minimum absolute atomic E-state index is 0.136. The smallest absolute Gasteiger partial charge is 0.407 e. The van der Waals surface area contributed by atoms with E-state index in [4.69, 9.17) is 9.72 Å². The van der Waals surface area contributed by atoms with Crippen LogP contribution in [-0.2, 0) is 19.1 Å². The number of hydrogen-bond donors (Lipinski definition) is 4. The maximum absolute atomic E-state index is 14.8. The van der Waals surface area contributed by atoms with Crippen LogP contribution < -0.4 is 10.6 Å². The van der Waals surface area contributed by atoms with Crippen LogP contribution in [-0.4, -0.2) is 106 Å². The Morgan fingerprint density at radius 3 is 2.15 bits per heavy atom. The quantitative estimate of drug-likeness (QED) is 0.0969. The van der Waals surface area contributed by atoms with Crippen molar-refractivity contribution in [3.63, 3.8) is 0 Å². The molecule has 2 saturated heterocycles. The molecule has 14 nitrogen and oxygen atoms in total. The van der Waals surface area contributed by atoms with Crippen LogP contribution in [0.15, 0.2) is 60.8 Å². The number of alkyl carbamates (subject to hydrolysis) is 2. The lowest BCUT2D eigenvalue weighted by Crippen LogP contribution is -2.52. The van der Waals surface area contributed by atoms with Crippen LogP contribution in [0.2, 0.25) is 19.1 Å². The van der Waals surface area contributed by atoms with Crippen molar-refractivity contribution in [2.45, 2.75) is 90.3 Å². The zero-order valence-corrected chi connectivity index (χ0v) is 36.8. The highest BCUT2D eigenvalue weighted by Crippen LogP contribution is 2.42. The molecule has 0 bridgehead atoms. The molecule has 4 amide bonds. The van der Waals surface area contributed by atoms with Crippen molar-refractivity contribution in [2.75, 3.05) is 26.4 Å². The van der Waals surface area contributed by atoms with Crippen LogP contribution in [0.1, 0.15) is 64.8 Å². The second-order valence-electron chi connectivity index (χ2n) is 17.6. The normalized spacial score (nSPS) is 19.4. The number of H-pyrrole nitrogens is 2. The Morgan fingerprint density at radius 2 is 1.49 bits per heavy atom. The summed E-state index contributed by atoms with van der Waals surface area (Å²) in [5.41, 5.74) is 5.02. The van der Waals surface area contributed by atoms with Crippen molar-refractivity contribution >= 4 is 53.9 Å². The molecular weight excluding hydrogens is 803 g/mol. The molecule has 0 radical (unpaired) electrons. The van der Waals surface area contributed by atoms with E-state index >= 15 is 0 Å². The Balaban J connectivity index is 1.10. The highest BCUT2D eigenvalue weighted by Gasteiger charge is 2.50. The van der Waals surface area contributed by atoms with Crippen LogP contribution in [0.25, 0.3) is 44.2 Å². The maximum atomic E-state index is 14.8. The zero-order valence-electron chi connectivity index (χ0n) is 35.8. The number of benzene rings is 3. The van der Waals surface area contributed by atoms with Crippen molar-refractivity contribution < 1.29 is 37.4 Å². The lowest BCUT2D eigenvalue weighted by Gasteiger charge is -2.30. The predicted molar refractivity (Wildman–Crippen MR) is 230 cm³/mol. The van der Waals surface area contributed by atoms with Gasteiger partial charge in [0.25, 0.3) is 5.92 Å². The molecule has 2 aromatic heterocycles. The number of nitrogens with zero attached hydrogens (tertiary/aromatic N) is 4. The number of hydrogen-bond acceptors (Lipinski definition) is 8. The summed E-state index contributed by atoms with van der Waals surface area (Å²) in [6, 6.07) is 15.9. The number of ether oxygens (including phenoxy) is 2. The van der Waals surface area contributed by atoms with E-state index in [2.05, 4.69) is 55.5 Å². The molecule has 4 atom stereocenters. The Morgan fingerprint density at radius 1 is 0.852 bits per heavy atom. The van der Waals surface area contributed by atoms with Gasteiger partial charge in [-0.1, -0.05) is 83.3 Å². The fraction of sp³-hybridized carbons (Fsp3) is 0.455. The molecule has 324 valence electrons. The van der Waals surface area contributed by atoms with E-state index in [1.54, 1.807) is 27.0 Å². The second kappa shape index (κ2) is 16.9. The number of likely N-dealkylation sites (tertiary alicyclic amines) is 1. The van der Waals surface area contributed by atoms with Crippen molar-refractivity contribution in [2.24, 2.45) is 11.8 Å². The minimum Gasteiger partial charge on any atom is -0.453 e. The summed E-state index contributed by atoms with van der Waals surface area (Å²) in [7, 11) is -0.638. The molecule has 5 aromatic rings. The molecule has 0 unspecified atom stereocenters. The van der Waals surface area contributed by atoms with Crippen LogP contribution in [0, 0.1) is 11.8 Å². The van der Waals surface area contributed by atoms with Gasteiger partial charge in [0.05, 0.1) is 63.3 Å². The fourth-order valence-corrected chi connectivity index (χ4v) is 11.4. The van der Waals surface area contributed by atoms with Crippen molar-refractivity contribution in [1.29, 1.82) is 0 Å². The number of carbonyl (C=O) groups is 4. The van der Waals surface area contributed by atoms with E-state index < -0.39 is 63.2 Å². The van der Waals surface area contributed by atoms with Gasteiger partial charge >= 0.3 is 12.2 Å². The number of fused-ring (bicyclic) bond motifs is 3. The molecule has 2 aliphatic heterocycles. The number of aromatic nitrogens is 4. The van der Waals surface area contributed by atoms with Gasteiger partial charge in [-0.2, -0.15) is 0 Å². The lowest BCUT2D eigenvalue weighted by atomic mass is 9.99. The summed E-state index contributed by atoms with van der Waals surface area (Å²) >= 11 is 0. The summed E-state index contributed by atoms with van der Waals surface area (Å²) in [4.78, 5) is 71.2. The monoisotopic (exact) mass is 856 g/mol. The topological polar surface area (TPSA) is 175 Å². The van der Waals surface area contributed by atoms with Gasteiger partial charge < -0.3 is 39.9 Å². The van der Waals surface area contributed by atoms with Crippen molar-refractivity contribution in [1.82, 2.24) is 40.4 Å². The van der Waals surface area contributed by atoms with Gasteiger partial charge in [0, 0.05) is 18.0 Å². The first-order chi connectivity index (χ1) is 28.9. The SMILES string of the molecule is CCOC(=O)N[C@H](C(=O)N1C[Si](C)(C)C[C@H]1c1nc2c(ccc3cc(-c4ccc(-c5cnc([C@@H]6CC(F)(F)CN6C(=O)[C@@H](NC(=O)OC)C(C)C)[nH]5)cc4)ccc32)[nH]1)C(C)C. The Labute approximate surface area is 354 Å². The highest BCUT2D eigenvalue weighted by molar-refractivity contribution is 6.78. The number of aromatic amines is 2. The third-order valence-corrected chi connectivity index (χ3v) is 14.4. The number of nitrogens with one attached hydrogen (secondary N) is 4. The molecule has 7 rings (SSSR count). The van der Waals surface area contributed by atoms with Crippen LogP contribution in [0.5, 0.6) is 0 Å². The number of methoxy groups -OCH3 is 1. The molecule has 0 spiro atoms. The minimum atomic E-state index is -3.13. The Hall–Kier alpha value is -5.84. The molecule has 4 N–H and O–H groups in total. The molecule has 61 heavy (non-hydrogen) atoms. The highest BCUT2D eigenvalue weighted by atomic mass is 28.3. The Bertz CT molecular complexity index is 2450. The summed E-state index contributed by atoms with van der Waals surface area (Å²) in [6.07, 6.45) is 0.201. The molecule has 2 aliphatic rings. The number of imidazole rings is 2. The zero-order chi connectivity index (χ0) is 44.0. The molecule has 2 fully saturated rings. The Kier molecular flexibility index (Phi) is 12.0. The summed E-state index contributed by atoms with van der Waals surface area (Å²) in [5.74, 6) is -3.45. The van der Waals surface area contributed by atoms with Crippen molar-refractivity contribution in [3.05, 3.63) is 72.4 Å². The van der Waals surface area contributed by atoms with E-state index in [0.29, 0.717) is 11.9 Å². The molecule has 4 heterocycles. The van der Waals surface area contributed by atoms with E-state index in [9.17, 15) is 28.0 Å². The van der Waals surface area contributed by atoms with Gasteiger partial charge in [-0.25, -0.2) is 28.3 Å². The molecule has 0 aliphatic carbocycles. The lowest BCUT2D eigenvalue weighted by molar-refractivity contribution is -0.137. The average Bonchev–Trinajstić information content (AvgIpc) is 4.02. The average molecular weight is 857 g/mol. The van der Waals surface area contributed by atoms with E-state index in [1.165, 1.54) is 7.11 Å². The summed E-state index contributed by atoms with van der Waals surface area (Å²) < 4.78 is 39.5. The van der Waals surface area contributed by atoms with Crippen LogP contribution in [0.4, 0.5) is 18.4 Å². The second-order valence-corrected chi connectivity index (χ2v) is 22.7. The van der Waals surface area contributed by atoms with Crippen molar-refractivity contribution in [3.8, 4) is 22.4 Å². The predicted octanol–water partition coefficient (Wildman–Crippen LogP) is 7.96. The van der Waals surface area contributed by atoms with Gasteiger partial charge in [-0.15, -0.1) is 0 Å². The molecule has 3 aromatic carbocycles. The van der Waals surface area contributed by atoms with Crippen LogP contribution in [0.3, 0.4) is 0 Å². The third-order valence-electron chi connectivity index (χ3n) is 11.7. The number of alkyl halides is 2. The molecule has 0 saturated carbocycles. The summed E-state index contributed by atoms with van der Waals surface area (Å²) in [6.45, 7) is 13.0. The number of halogens is 2. The van der Waals surface area contributed by atoms with E-state index in [1.807, 2.05) is 61.2 Å². The first-order valence-corrected chi connectivity index (χ1v) is 24.1. The largest absolute Gasteiger partial charge is 0.453 e. The first-order valence-electron chi connectivity index (χ1n) is 20.7. The van der Waals surface area contributed by atoms with Gasteiger partial charge in [-0.05, 0) is 59.0 Å². The number of carbonyl (C=O) groups excluding carboxylic acids is 4. The first kappa shape index (κ1) is 43.3. The van der Waals surface area contributed by atoms with Gasteiger partial charge in [-0.3, -0.25) is 9.59 Å². The molecular formula is C44H54F2N8O6Si. The van der Waals surface area contributed by atoms with Gasteiger partial charge in [0.1, 0.15) is 23.7 Å². The van der Waals surface area contributed by atoms with Crippen LogP contribution >= 0.6 is 0 Å². The summed E-state index contributed by atoms with van der Waals surface area (Å²) in [5, 5.41) is 7.23.